The molecule has 1 aromatic carbocycles. The fourth-order valence-electron chi connectivity index (χ4n) is 2.00. The SMILES string of the molecule is CCCn1c(S[C@@H](C)C(=O)Nc2ccccc2[N+](=O)[O-])n[nH]c1=O. The largest absolute Gasteiger partial charge is 0.343 e. The fraction of sp³-hybridized carbons (Fsp3) is 0.357. The highest BCUT2D eigenvalue weighted by atomic mass is 32.2. The molecule has 0 unspecified atom stereocenters. The summed E-state index contributed by atoms with van der Waals surface area (Å²) in [4.78, 5) is 34.4. The minimum atomic E-state index is -0.587. The van der Waals surface area contributed by atoms with Gasteiger partial charge in [0.25, 0.3) is 5.69 Å². The smallest absolute Gasteiger partial charge is 0.319 e. The highest BCUT2D eigenvalue weighted by Gasteiger charge is 2.21. The van der Waals surface area contributed by atoms with E-state index >= 15 is 0 Å². The van der Waals surface area contributed by atoms with Gasteiger partial charge in [0.05, 0.1) is 10.2 Å². The molecule has 0 saturated heterocycles. The van der Waals surface area contributed by atoms with Crippen LogP contribution in [0.2, 0.25) is 0 Å². The summed E-state index contributed by atoms with van der Waals surface area (Å²) in [5.41, 5.74) is -0.371. The van der Waals surface area contributed by atoms with Crippen molar-refractivity contribution in [2.24, 2.45) is 0 Å². The number of nitrogens with one attached hydrogen (secondary N) is 2. The number of aromatic nitrogens is 3. The molecular formula is C14H17N5O4S. The molecule has 2 N–H and O–H groups in total. The molecular weight excluding hydrogens is 334 g/mol. The third kappa shape index (κ3) is 4.02. The van der Waals surface area contributed by atoms with Crippen LogP contribution in [0.15, 0.2) is 34.2 Å². The number of nitro benzene ring substituents is 1. The average molecular weight is 351 g/mol. The number of thioether (sulfide) groups is 1. The van der Waals surface area contributed by atoms with Gasteiger partial charge < -0.3 is 5.32 Å². The lowest BCUT2D eigenvalue weighted by Crippen LogP contribution is -2.24. The van der Waals surface area contributed by atoms with Gasteiger partial charge in [0, 0.05) is 12.6 Å². The molecule has 1 atom stereocenters. The fourth-order valence-corrected chi connectivity index (χ4v) is 2.88. The molecule has 2 aromatic rings. The van der Waals surface area contributed by atoms with E-state index in [0.29, 0.717) is 11.7 Å². The number of carbonyl (C=O) groups is 1. The van der Waals surface area contributed by atoms with E-state index in [-0.39, 0.29) is 17.1 Å². The van der Waals surface area contributed by atoms with Crippen molar-refractivity contribution in [3.05, 3.63) is 44.9 Å². The van der Waals surface area contributed by atoms with Crippen molar-refractivity contribution in [2.75, 3.05) is 5.32 Å². The lowest BCUT2D eigenvalue weighted by atomic mass is 10.2. The summed E-state index contributed by atoms with van der Waals surface area (Å²) in [5.74, 6) is -0.409. The zero-order chi connectivity index (χ0) is 17.7. The summed E-state index contributed by atoms with van der Waals surface area (Å²) in [5, 5.41) is 19.6. The lowest BCUT2D eigenvalue weighted by Gasteiger charge is -2.12. The molecule has 0 spiro atoms. The maximum absolute atomic E-state index is 12.3. The number of H-pyrrole nitrogens is 1. The maximum atomic E-state index is 12.3. The summed E-state index contributed by atoms with van der Waals surface area (Å²) in [6.07, 6.45) is 0.754. The van der Waals surface area contributed by atoms with Crippen LogP contribution in [0.25, 0.3) is 0 Å². The summed E-state index contributed by atoms with van der Waals surface area (Å²) < 4.78 is 1.46. The molecule has 0 saturated carbocycles. The Morgan fingerprint density at radius 2 is 2.21 bits per heavy atom. The number of benzene rings is 1. The van der Waals surface area contributed by atoms with Crippen molar-refractivity contribution in [1.82, 2.24) is 14.8 Å². The zero-order valence-electron chi connectivity index (χ0n) is 13.2. The van der Waals surface area contributed by atoms with Crippen LogP contribution >= 0.6 is 11.8 Å². The van der Waals surface area contributed by atoms with Crippen LogP contribution in [-0.2, 0) is 11.3 Å². The number of nitro groups is 1. The first kappa shape index (κ1) is 17.7. The van der Waals surface area contributed by atoms with Gasteiger partial charge in [-0.05, 0) is 19.4 Å². The van der Waals surface area contributed by atoms with Gasteiger partial charge in [-0.15, -0.1) is 5.10 Å². The molecule has 0 fully saturated rings. The standard InChI is InChI=1S/C14H17N5O4S/c1-3-8-18-13(21)16-17-14(18)24-9(2)12(20)15-10-6-4-5-7-11(10)19(22)23/h4-7,9H,3,8H2,1-2H3,(H,15,20)(H,16,21)/t9-/m0/s1. The molecule has 0 aliphatic carbocycles. The summed E-state index contributed by atoms with van der Waals surface area (Å²) in [6, 6.07) is 5.92. The molecule has 0 radical (unpaired) electrons. The molecule has 1 aromatic heterocycles. The van der Waals surface area contributed by atoms with Crippen LogP contribution in [0, 0.1) is 10.1 Å². The Hall–Kier alpha value is -2.62. The Morgan fingerprint density at radius 1 is 1.50 bits per heavy atom. The zero-order valence-corrected chi connectivity index (χ0v) is 14.0. The summed E-state index contributed by atoms with van der Waals surface area (Å²) in [7, 11) is 0. The predicted molar refractivity (Wildman–Crippen MR) is 90.2 cm³/mol. The number of carbonyl (C=O) groups excluding carboxylic acids is 1. The van der Waals surface area contributed by atoms with Gasteiger partial charge in [0.1, 0.15) is 5.69 Å². The Kier molecular flexibility index (Phi) is 5.74. The van der Waals surface area contributed by atoms with Crippen LogP contribution < -0.4 is 11.0 Å². The van der Waals surface area contributed by atoms with E-state index in [1.54, 1.807) is 13.0 Å². The highest BCUT2D eigenvalue weighted by molar-refractivity contribution is 8.00. The van der Waals surface area contributed by atoms with Gasteiger partial charge in [-0.2, -0.15) is 0 Å². The molecule has 128 valence electrons. The maximum Gasteiger partial charge on any atom is 0.343 e. The summed E-state index contributed by atoms with van der Waals surface area (Å²) >= 11 is 1.11. The first-order chi connectivity index (χ1) is 11.4. The third-order valence-corrected chi connectivity index (χ3v) is 4.27. The number of hydrogen-bond acceptors (Lipinski definition) is 6. The Bertz CT molecular complexity index is 800. The number of nitrogens with zero attached hydrogens (tertiary/aromatic N) is 3. The van der Waals surface area contributed by atoms with Crippen molar-refractivity contribution >= 4 is 29.0 Å². The number of hydrogen-bond donors (Lipinski definition) is 2. The van der Waals surface area contributed by atoms with Crippen molar-refractivity contribution in [1.29, 1.82) is 0 Å². The molecule has 24 heavy (non-hydrogen) atoms. The second-order valence-electron chi connectivity index (χ2n) is 4.99. The Balaban J connectivity index is 2.11. The average Bonchev–Trinajstić information content (AvgIpc) is 2.88. The minimum Gasteiger partial charge on any atom is -0.319 e. The highest BCUT2D eigenvalue weighted by Crippen LogP contribution is 2.26. The van der Waals surface area contributed by atoms with Crippen molar-refractivity contribution < 1.29 is 9.72 Å². The normalized spacial score (nSPS) is 11.9. The predicted octanol–water partition coefficient (Wildman–Crippen LogP) is 2.01. The molecule has 0 aliphatic rings. The van der Waals surface area contributed by atoms with E-state index in [1.165, 1.54) is 22.8 Å². The number of amides is 1. The van der Waals surface area contributed by atoms with E-state index in [4.69, 9.17) is 0 Å². The van der Waals surface area contributed by atoms with E-state index in [0.717, 1.165) is 18.2 Å². The second-order valence-corrected chi connectivity index (χ2v) is 6.29. The van der Waals surface area contributed by atoms with Gasteiger partial charge >= 0.3 is 5.69 Å². The Labute approximate surface area is 141 Å². The number of anilines is 1. The number of para-hydroxylation sites is 2. The molecule has 1 amide bonds. The molecule has 10 heteroatoms. The van der Waals surface area contributed by atoms with Gasteiger partial charge in [0.15, 0.2) is 5.16 Å². The third-order valence-electron chi connectivity index (χ3n) is 3.18. The van der Waals surface area contributed by atoms with Crippen LogP contribution in [0.4, 0.5) is 11.4 Å². The number of aromatic amines is 1. The first-order valence-corrected chi connectivity index (χ1v) is 8.18. The van der Waals surface area contributed by atoms with Gasteiger partial charge in [-0.25, -0.2) is 9.89 Å². The molecule has 1 heterocycles. The van der Waals surface area contributed by atoms with Crippen molar-refractivity contribution in [2.45, 2.75) is 37.2 Å². The van der Waals surface area contributed by atoms with Crippen LogP contribution in [-0.4, -0.2) is 30.8 Å². The topological polar surface area (TPSA) is 123 Å². The van der Waals surface area contributed by atoms with E-state index in [2.05, 4.69) is 15.5 Å². The molecule has 0 bridgehead atoms. The quantitative estimate of drug-likeness (QED) is 0.447. The van der Waals surface area contributed by atoms with E-state index in [1.807, 2.05) is 6.92 Å². The lowest BCUT2D eigenvalue weighted by molar-refractivity contribution is -0.383. The molecule has 0 aliphatic heterocycles. The van der Waals surface area contributed by atoms with Crippen LogP contribution in [0.1, 0.15) is 20.3 Å². The van der Waals surface area contributed by atoms with Crippen molar-refractivity contribution in [3.8, 4) is 0 Å². The molecule has 9 nitrogen and oxygen atoms in total. The second kappa shape index (κ2) is 7.77. The van der Waals surface area contributed by atoms with E-state index in [9.17, 15) is 19.7 Å². The van der Waals surface area contributed by atoms with E-state index < -0.39 is 16.1 Å². The van der Waals surface area contributed by atoms with Crippen molar-refractivity contribution in [3.63, 3.8) is 0 Å². The van der Waals surface area contributed by atoms with Crippen LogP contribution in [0.5, 0.6) is 0 Å². The van der Waals surface area contributed by atoms with Gasteiger partial charge in [-0.3, -0.25) is 19.5 Å². The van der Waals surface area contributed by atoms with Gasteiger partial charge in [-0.1, -0.05) is 30.8 Å². The molecule has 2 rings (SSSR count). The Morgan fingerprint density at radius 3 is 2.88 bits per heavy atom. The monoisotopic (exact) mass is 351 g/mol. The van der Waals surface area contributed by atoms with Crippen LogP contribution in [0.3, 0.4) is 0 Å². The number of rotatable bonds is 7. The van der Waals surface area contributed by atoms with Gasteiger partial charge in [0.2, 0.25) is 5.91 Å². The first-order valence-electron chi connectivity index (χ1n) is 7.30. The minimum absolute atomic E-state index is 0.132. The summed E-state index contributed by atoms with van der Waals surface area (Å²) in [6.45, 7) is 4.07.